The molecule has 0 aromatic heterocycles. The molecule has 2 N–H and O–H groups in total. The third kappa shape index (κ3) is 0.688. The normalized spacial score (nSPS) is 46.7. The highest BCUT2D eigenvalue weighted by atomic mass is 19.3. The van der Waals surface area contributed by atoms with Crippen molar-refractivity contribution in [2.45, 2.75) is 18.0 Å². The molecule has 0 spiro atoms. The summed E-state index contributed by atoms with van der Waals surface area (Å²) in [7, 11) is 0. The maximum atomic E-state index is 13.6. The van der Waals surface area contributed by atoms with E-state index in [9.17, 15) is 18.0 Å². The first-order valence-electron chi connectivity index (χ1n) is 3.87. The van der Waals surface area contributed by atoms with E-state index in [4.69, 9.17) is 5.11 Å². The number of fused-ring (bicyclic) bond motifs is 1. The van der Waals surface area contributed by atoms with Gasteiger partial charge in [0.1, 0.15) is 5.41 Å². The third-order valence-electron chi connectivity index (χ3n) is 3.07. The van der Waals surface area contributed by atoms with Crippen LogP contribution in [0.1, 0.15) is 6.42 Å². The van der Waals surface area contributed by atoms with Crippen LogP contribution in [0.4, 0.5) is 13.2 Å². The van der Waals surface area contributed by atoms with Crippen LogP contribution in [0.5, 0.6) is 0 Å². The molecule has 1 saturated heterocycles. The zero-order valence-corrected chi connectivity index (χ0v) is 6.61. The lowest BCUT2D eigenvalue weighted by molar-refractivity contribution is -0.273. The second kappa shape index (κ2) is 2.00. The average Bonchev–Trinajstić information content (AvgIpc) is 2.27. The van der Waals surface area contributed by atoms with Crippen LogP contribution in [0, 0.1) is 5.41 Å². The highest BCUT2D eigenvalue weighted by molar-refractivity contribution is 5.80. The van der Waals surface area contributed by atoms with Gasteiger partial charge < -0.3 is 10.4 Å². The number of aliphatic carboxylic acids is 1. The minimum Gasteiger partial charge on any atom is -0.481 e. The van der Waals surface area contributed by atoms with E-state index >= 15 is 0 Å². The van der Waals surface area contributed by atoms with Crippen LogP contribution in [0.15, 0.2) is 0 Å². The highest BCUT2D eigenvalue weighted by Crippen LogP contribution is 2.63. The van der Waals surface area contributed by atoms with E-state index in [1.165, 1.54) is 0 Å². The Morgan fingerprint density at radius 3 is 2.31 bits per heavy atom. The molecule has 6 heteroatoms. The summed E-state index contributed by atoms with van der Waals surface area (Å²) in [6.45, 7) is -0.791. The van der Waals surface area contributed by atoms with E-state index in [0.29, 0.717) is 0 Å². The summed E-state index contributed by atoms with van der Waals surface area (Å²) in [5.41, 5.74) is -4.80. The number of halogens is 3. The molecule has 1 aliphatic heterocycles. The fraction of sp³-hybridized carbons (Fsp3) is 0.857. The Kier molecular flexibility index (Phi) is 1.35. The van der Waals surface area contributed by atoms with E-state index < -0.39 is 35.9 Å². The van der Waals surface area contributed by atoms with E-state index in [-0.39, 0.29) is 6.54 Å². The Labute approximate surface area is 71.9 Å². The molecule has 0 amide bonds. The molecule has 1 heterocycles. The Morgan fingerprint density at radius 2 is 1.92 bits per heavy atom. The second-order valence-electron chi connectivity index (χ2n) is 3.67. The average molecular weight is 195 g/mol. The molecule has 13 heavy (non-hydrogen) atoms. The maximum Gasteiger partial charge on any atom is 0.314 e. The summed E-state index contributed by atoms with van der Waals surface area (Å²) in [6.07, 6.45) is -0.904. The zero-order chi connectivity index (χ0) is 9.91. The van der Waals surface area contributed by atoms with Gasteiger partial charge in [-0.1, -0.05) is 0 Å². The van der Waals surface area contributed by atoms with Gasteiger partial charge in [0, 0.05) is 19.5 Å². The summed E-state index contributed by atoms with van der Waals surface area (Å²) in [5.74, 6) is -4.99. The molecule has 0 bridgehead atoms. The number of carbonyl (C=O) groups is 1. The van der Waals surface area contributed by atoms with E-state index in [2.05, 4.69) is 5.32 Å². The SMILES string of the molecule is O=C(O)[C@]12CNC[C@@]1(F)C(F)(F)C2. The van der Waals surface area contributed by atoms with Crippen LogP contribution < -0.4 is 5.32 Å². The lowest BCUT2D eigenvalue weighted by Crippen LogP contribution is -2.71. The zero-order valence-electron chi connectivity index (χ0n) is 6.61. The number of carboxylic acids is 1. The molecule has 0 radical (unpaired) electrons. The lowest BCUT2D eigenvalue weighted by atomic mass is 9.57. The predicted molar refractivity (Wildman–Crippen MR) is 36.3 cm³/mol. The van der Waals surface area contributed by atoms with Crippen LogP contribution in [-0.4, -0.2) is 35.8 Å². The molecule has 2 rings (SSSR count). The van der Waals surface area contributed by atoms with E-state index in [1.54, 1.807) is 0 Å². The number of carboxylic acid groups (broad SMARTS) is 1. The van der Waals surface area contributed by atoms with Crippen LogP contribution in [0.3, 0.4) is 0 Å². The fourth-order valence-electron chi connectivity index (χ4n) is 2.17. The van der Waals surface area contributed by atoms with Crippen LogP contribution in [0.25, 0.3) is 0 Å². The van der Waals surface area contributed by atoms with Crippen molar-refractivity contribution < 1.29 is 23.1 Å². The molecular formula is C7H8F3NO2. The maximum absolute atomic E-state index is 13.6. The minimum absolute atomic E-state index is 0.214. The molecule has 0 aromatic rings. The highest BCUT2D eigenvalue weighted by Gasteiger charge is 2.83. The van der Waals surface area contributed by atoms with Crippen molar-refractivity contribution >= 4 is 5.97 Å². The summed E-state index contributed by atoms with van der Waals surface area (Å²) in [6, 6.07) is 0. The van der Waals surface area contributed by atoms with Gasteiger partial charge in [-0.3, -0.25) is 4.79 Å². The Morgan fingerprint density at radius 1 is 1.31 bits per heavy atom. The van der Waals surface area contributed by atoms with Gasteiger partial charge in [-0.05, 0) is 0 Å². The first-order chi connectivity index (χ1) is 5.86. The number of hydrogen-bond acceptors (Lipinski definition) is 2. The van der Waals surface area contributed by atoms with Crippen molar-refractivity contribution in [2.24, 2.45) is 5.41 Å². The molecule has 1 aliphatic carbocycles. The summed E-state index contributed by atoms with van der Waals surface area (Å²) >= 11 is 0. The van der Waals surface area contributed by atoms with Crippen molar-refractivity contribution in [1.82, 2.24) is 5.32 Å². The van der Waals surface area contributed by atoms with Gasteiger partial charge >= 0.3 is 5.97 Å². The Hall–Kier alpha value is -0.780. The molecule has 1 saturated carbocycles. The molecular weight excluding hydrogens is 187 g/mol. The topological polar surface area (TPSA) is 49.3 Å². The number of hydrogen-bond donors (Lipinski definition) is 2. The van der Waals surface area contributed by atoms with Gasteiger partial charge in [0.15, 0.2) is 0 Å². The van der Waals surface area contributed by atoms with Crippen molar-refractivity contribution in [3.8, 4) is 0 Å². The summed E-state index contributed by atoms with van der Waals surface area (Å²) < 4.78 is 39.2. The largest absolute Gasteiger partial charge is 0.481 e. The molecule has 2 fully saturated rings. The smallest absolute Gasteiger partial charge is 0.314 e. The quantitative estimate of drug-likeness (QED) is 0.637. The summed E-state index contributed by atoms with van der Waals surface area (Å²) in [4.78, 5) is 10.7. The van der Waals surface area contributed by atoms with E-state index in [1.807, 2.05) is 0 Å². The predicted octanol–water partition coefficient (Wildman–Crippen LogP) is 0.408. The second-order valence-corrected chi connectivity index (χ2v) is 3.67. The number of rotatable bonds is 1. The summed E-state index contributed by atoms with van der Waals surface area (Å²) in [5, 5.41) is 11.0. The van der Waals surface area contributed by atoms with Gasteiger partial charge in [-0.25, -0.2) is 13.2 Å². The standard InChI is InChI=1S/C7H8F3NO2/c8-6-3-11-2-5(6,4(12)13)1-7(6,9)10/h11H,1-3H2,(H,12,13)/t5-,6-/m0/s1. The molecule has 2 atom stereocenters. The first-order valence-corrected chi connectivity index (χ1v) is 3.87. The molecule has 2 aliphatic rings. The van der Waals surface area contributed by atoms with Gasteiger partial charge in [-0.2, -0.15) is 0 Å². The Bertz CT molecular complexity index is 283. The van der Waals surface area contributed by atoms with Crippen LogP contribution in [-0.2, 0) is 4.79 Å². The lowest BCUT2D eigenvalue weighted by Gasteiger charge is -2.51. The van der Waals surface area contributed by atoms with Gasteiger partial charge in [0.2, 0.25) is 5.67 Å². The van der Waals surface area contributed by atoms with Crippen molar-refractivity contribution in [3.63, 3.8) is 0 Å². The molecule has 0 unspecified atom stereocenters. The molecule has 3 nitrogen and oxygen atoms in total. The van der Waals surface area contributed by atoms with Gasteiger partial charge in [0.25, 0.3) is 5.92 Å². The van der Waals surface area contributed by atoms with Crippen molar-refractivity contribution in [1.29, 1.82) is 0 Å². The van der Waals surface area contributed by atoms with Crippen LogP contribution in [0.2, 0.25) is 0 Å². The van der Waals surface area contributed by atoms with E-state index in [0.717, 1.165) is 0 Å². The first kappa shape index (κ1) is 8.80. The van der Waals surface area contributed by atoms with Crippen molar-refractivity contribution in [2.75, 3.05) is 13.1 Å². The van der Waals surface area contributed by atoms with Gasteiger partial charge in [-0.15, -0.1) is 0 Å². The molecule has 0 aromatic carbocycles. The third-order valence-corrected chi connectivity index (χ3v) is 3.07. The van der Waals surface area contributed by atoms with Crippen molar-refractivity contribution in [3.05, 3.63) is 0 Å². The van der Waals surface area contributed by atoms with Crippen LogP contribution >= 0.6 is 0 Å². The Balaban J connectivity index is 2.40. The molecule has 74 valence electrons. The number of nitrogens with one attached hydrogen (secondary N) is 1. The minimum atomic E-state index is -3.51. The fourth-order valence-corrected chi connectivity index (χ4v) is 2.17. The number of alkyl halides is 3. The monoisotopic (exact) mass is 195 g/mol. The van der Waals surface area contributed by atoms with Gasteiger partial charge in [0.05, 0.1) is 0 Å².